The van der Waals surface area contributed by atoms with Crippen molar-refractivity contribution in [3.05, 3.63) is 36.4 Å². The number of aromatic amines is 1. The number of anilines is 1. The summed E-state index contributed by atoms with van der Waals surface area (Å²) in [6.45, 7) is 1.73. The highest BCUT2D eigenvalue weighted by Gasteiger charge is 2.29. The molecule has 1 unspecified atom stereocenters. The van der Waals surface area contributed by atoms with Crippen molar-refractivity contribution in [3.63, 3.8) is 0 Å². The Balaban J connectivity index is 1.50. The average Bonchev–Trinajstić information content (AvgIpc) is 3.37. The molecule has 2 atom stereocenters. The Labute approximate surface area is 186 Å². The molecule has 1 fully saturated rings. The quantitative estimate of drug-likeness (QED) is 0.464. The second kappa shape index (κ2) is 9.30. The highest BCUT2D eigenvalue weighted by molar-refractivity contribution is 5.93. The van der Waals surface area contributed by atoms with E-state index in [9.17, 15) is 22.4 Å². The number of nitrogens with one attached hydrogen (secondary N) is 3. The summed E-state index contributed by atoms with van der Waals surface area (Å²) in [5.74, 6) is -0.565. The van der Waals surface area contributed by atoms with Crippen LogP contribution in [0.5, 0.6) is 0 Å². The first-order valence-electron chi connectivity index (χ1n) is 10.4. The van der Waals surface area contributed by atoms with Crippen molar-refractivity contribution in [1.82, 2.24) is 30.2 Å². The topological polar surface area (TPSA) is 98.8 Å². The van der Waals surface area contributed by atoms with E-state index < -0.39 is 30.8 Å². The van der Waals surface area contributed by atoms with Crippen LogP contribution in [0.2, 0.25) is 0 Å². The molecule has 4 rings (SSSR count). The summed E-state index contributed by atoms with van der Waals surface area (Å²) in [5.41, 5.74) is 2.82. The Kier molecular flexibility index (Phi) is 6.45. The number of aromatic nitrogens is 4. The van der Waals surface area contributed by atoms with Gasteiger partial charge in [-0.3, -0.25) is 14.7 Å². The maximum absolute atomic E-state index is 13.5. The largest absolute Gasteiger partial charge is 0.405 e. The van der Waals surface area contributed by atoms with Crippen LogP contribution >= 0.6 is 0 Å². The van der Waals surface area contributed by atoms with E-state index in [4.69, 9.17) is 0 Å². The summed E-state index contributed by atoms with van der Waals surface area (Å²) in [5, 5.41) is 5.41. The average molecular weight is 465 g/mol. The molecule has 0 bridgehead atoms. The maximum atomic E-state index is 13.5. The van der Waals surface area contributed by atoms with Crippen molar-refractivity contribution in [2.75, 3.05) is 25.0 Å². The third-order valence-corrected chi connectivity index (χ3v) is 5.34. The van der Waals surface area contributed by atoms with E-state index in [0.29, 0.717) is 37.4 Å². The first-order chi connectivity index (χ1) is 15.7. The van der Waals surface area contributed by atoms with Crippen LogP contribution in [0.15, 0.2) is 30.9 Å². The molecule has 1 aliphatic heterocycles. The molecule has 1 aliphatic rings. The van der Waals surface area contributed by atoms with Crippen LogP contribution in [0.1, 0.15) is 18.9 Å². The van der Waals surface area contributed by atoms with Gasteiger partial charge >= 0.3 is 6.18 Å². The molecular weight excluding hydrogens is 442 g/mol. The molecule has 0 saturated carbocycles. The molecule has 0 spiro atoms. The van der Waals surface area contributed by atoms with Gasteiger partial charge in [0.05, 0.1) is 18.1 Å². The third kappa shape index (κ3) is 5.75. The first kappa shape index (κ1) is 22.9. The van der Waals surface area contributed by atoms with E-state index in [1.807, 2.05) is 16.3 Å². The number of halogens is 4. The minimum atomic E-state index is -4.49. The van der Waals surface area contributed by atoms with Crippen molar-refractivity contribution in [2.45, 2.75) is 38.3 Å². The number of carbonyl (C=O) groups excluding carboxylic acids is 1. The molecule has 0 aliphatic carbocycles. The van der Waals surface area contributed by atoms with E-state index in [2.05, 4.69) is 25.3 Å². The number of pyridine rings is 1. The Hall–Kier alpha value is -3.28. The van der Waals surface area contributed by atoms with Crippen molar-refractivity contribution in [3.8, 4) is 11.3 Å². The molecule has 0 radical (unpaired) electrons. The van der Waals surface area contributed by atoms with Gasteiger partial charge in [0.25, 0.3) is 0 Å². The fourth-order valence-corrected chi connectivity index (χ4v) is 3.73. The van der Waals surface area contributed by atoms with Crippen LogP contribution in [0, 0.1) is 0 Å². The van der Waals surface area contributed by atoms with Gasteiger partial charge in [-0.15, -0.1) is 0 Å². The standard InChI is InChI=1S/C21H23F4N7O/c1-12(20(33)29-11-21(23,24)25)30-18-8-26-7-17(31-18)16-6-28-19-15(16)4-13(5-27-19)9-32-3-2-14(22)10-32/h4-8,12,14H,2-3,9-11H2,1H3,(H,27,28)(H,29,33)(H,30,31)/t12-,14?/m1/s1. The lowest BCUT2D eigenvalue weighted by Crippen LogP contribution is -2.42. The molecule has 1 saturated heterocycles. The maximum Gasteiger partial charge on any atom is 0.405 e. The second-order valence-electron chi connectivity index (χ2n) is 8.05. The Morgan fingerprint density at radius 3 is 2.88 bits per heavy atom. The van der Waals surface area contributed by atoms with E-state index in [1.165, 1.54) is 13.1 Å². The van der Waals surface area contributed by atoms with Crippen molar-refractivity contribution in [2.24, 2.45) is 0 Å². The van der Waals surface area contributed by atoms with Crippen LogP contribution < -0.4 is 10.6 Å². The highest BCUT2D eigenvalue weighted by atomic mass is 19.4. The molecule has 12 heteroatoms. The minimum Gasteiger partial charge on any atom is -0.357 e. The smallest absolute Gasteiger partial charge is 0.357 e. The first-order valence-corrected chi connectivity index (χ1v) is 10.4. The SMILES string of the molecule is C[C@@H](Nc1cncc(-c2c[nH]c3ncc(CN4CCC(F)C4)cc23)n1)C(=O)NCC(F)(F)F. The molecular formula is C21H23F4N7O. The molecule has 3 aromatic rings. The van der Waals surface area contributed by atoms with Crippen LogP contribution in [-0.2, 0) is 11.3 Å². The van der Waals surface area contributed by atoms with E-state index in [1.54, 1.807) is 18.6 Å². The predicted molar refractivity (Wildman–Crippen MR) is 114 cm³/mol. The number of carbonyl (C=O) groups is 1. The number of hydrogen-bond donors (Lipinski definition) is 3. The van der Waals surface area contributed by atoms with Crippen molar-refractivity contribution >= 4 is 22.8 Å². The number of H-pyrrole nitrogens is 1. The summed E-state index contributed by atoms with van der Waals surface area (Å²) < 4.78 is 50.4. The Morgan fingerprint density at radius 2 is 2.15 bits per heavy atom. The van der Waals surface area contributed by atoms with Gasteiger partial charge < -0.3 is 15.6 Å². The van der Waals surface area contributed by atoms with Gasteiger partial charge in [0, 0.05) is 43.0 Å². The zero-order chi connectivity index (χ0) is 23.6. The monoisotopic (exact) mass is 465 g/mol. The highest BCUT2D eigenvalue weighted by Crippen LogP contribution is 2.28. The minimum absolute atomic E-state index is 0.242. The molecule has 0 aromatic carbocycles. The number of fused-ring (bicyclic) bond motifs is 1. The lowest BCUT2D eigenvalue weighted by atomic mass is 10.1. The number of likely N-dealkylation sites (tertiary alicyclic amines) is 1. The number of hydrogen-bond acceptors (Lipinski definition) is 6. The predicted octanol–water partition coefficient (Wildman–Crippen LogP) is 3.04. The lowest BCUT2D eigenvalue weighted by Gasteiger charge is -2.16. The fraction of sp³-hybridized carbons (Fsp3) is 0.429. The number of amides is 1. The number of alkyl halides is 4. The van der Waals surface area contributed by atoms with Gasteiger partial charge in [0.15, 0.2) is 0 Å². The molecule has 8 nitrogen and oxygen atoms in total. The summed E-state index contributed by atoms with van der Waals surface area (Å²) in [4.78, 5) is 30.1. The zero-order valence-electron chi connectivity index (χ0n) is 17.8. The second-order valence-corrected chi connectivity index (χ2v) is 8.05. The Morgan fingerprint density at radius 1 is 1.33 bits per heavy atom. The summed E-state index contributed by atoms with van der Waals surface area (Å²) in [6.07, 6.45) is 1.67. The summed E-state index contributed by atoms with van der Waals surface area (Å²) in [7, 11) is 0. The molecule has 4 heterocycles. The number of nitrogens with zero attached hydrogens (tertiary/aromatic N) is 4. The van der Waals surface area contributed by atoms with Crippen LogP contribution in [0.3, 0.4) is 0 Å². The third-order valence-electron chi connectivity index (χ3n) is 5.34. The fourth-order valence-electron chi connectivity index (χ4n) is 3.73. The summed E-state index contributed by atoms with van der Waals surface area (Å²) >= 11 is 0. The molecule has 1 amide bonds. The van der Waals surface area contributed by atoms with Gasteiger partial charge in [-0.25, -0.2) is 14.4 Å². The normalized spacial score (nSPS) is 17.9. The van der Waals surface area contributed by atoms with Crippen LogP contribution in [-0.4, -0.2) is 68.8 Å². The lowest BCUT2D eigenvalue weighted by molar-refractivity contribution is -0.138. The number of rotatable bonds is 7. The summed E-state index contributed by atoms with van der Waals surface area (Å²) in [6, 6.07) is 1.02. The Bertz CT molecular complexity index is 1130. The zero-order valence-corrected chi connectivity index (χ0v) is 17.8. The van der Waals surface area contributed by atoms with E-state index in [0.717, 1.165) is 16.5 Å². The van der Waals surface area contributed by atoms with Gasteiger partial charge in [0.1, 0.15) is 30.2 Å². The van der Waals surface area contributed by atoms with E-state index in [-0.39, 0.29) is 5.82 Å². The molecule has 33 heavy (non-hydrogen) atoms. The van der Waals surface area contributed by atoms with Gasteiger partial charge in [0.2, 0.25) is 5.91 Å². The van der Waals surface area contributed by atoms with Gasteiger partial charge in [-0.05, 0) is 25.0 Å². The van der Waals surface area contributed by atoms with Crippen LogP contribution in [0.4, 0.5) is 23.4 Å². The van der Waals surface area contributed by atoms with Gasteiger partial charge in [-0.1, -0.05) is 0 Å². The molecule has 3 N–H and O–H groups in total. The molecule has 176 valence electrons. The van der Waals surface area contributed by atoms with Crippen LogP contribution in [0.25, 0.3) is 22.3 Å². The van der Waals surface area contributed by atoms with Crippen molar-refractivity contribution < 1.29 is 22.4 Å². The van der Waals surface area contributed by atoms with Crippen molar-refractivity contribution in [1.29, 1.82) is 0 Å². The van der Waals surface area contributed by atoms with E-state index >= 15 is 0 Å². The molecule has 3 aromatic heterocycles. The van der Waals surface area contributed by atoms with Gasteiger partial charge in [-0.2, -0.15) is 13.2 Å².